The molecule has 0 aliphatic heterocycles. The average Bonchev–Trinajstić information content (AvgIpc) is 2.29. The molecule has 2 N–H and O–H groups in total. The highest BCUT2D eigenvalue weighted by atomic mass is 35.5. The largest absolute Gasteiger partial charge is 0.397 e. The molecule has 0 aromatic heterocycles. The van der Waals surface area contributed by atoms with E-state index in [2.05, 4.69) is 0 Å². The highest BCUT2D eigenvalue weighted by Gasteiger charge is 2.28. The third-order valence-corrected chi connectivity index (χ3v) is 5.45. The van der Waals surface area contributed by atoms with Gasteiger partial charge in [-0.15, -0.1) is 0 Å². The van der Waals surface area contributed by atoms with Crippen molar-refractivity contribution in [2.24, 2.45) is 0 Å². The van der Waals surface area contributed by atoms with Gasteiger partial charge < -0.3 is 5.73 Å². The molecule has 0 aliphatic carbocycles. The molecule has 0 unspecified atom stereocenters. The Hall–Kier alpha value is -0.780. The van der Waals surface area contributed by atoms with Crippen molar-refractivity contribution in [3.05, 3.63) is 22.7 Å². The molecule has 0 spiro atoms. The summed E-state index contributed by atoms with van der Waals surface area (Å²) >= 11 is 5.91. The highest BCUT2D eigenvalue weighted by Crippen LogP contribution is 2.29. The Bertz CT molecular complexity index is 556. The summed E-state index contributed by atoms with van der Waals surface area (Å²) in [5.41, 5.74) is 6.62. The first-order valence-corrected chi connectivity index (χ1v) is 8.11. The van der Waals surface area contributed by atoms with Gasteiger partial charge in [-0.1, -0.05) is 18.5 Å². The molecule has 0 amide bonds. The number of nitrogens with two attached hydrogens (primary N) is 1. The highest BCUT2D eigenvalue weighted by molar-refractivity contribution is 7.89. The third kappa shape index (κ3) is 3.41. The number of benzene rings is 1. The molecule has 0 saturated heterocycles. The van der Waals surface area contributed by atoms with Crippen LogP contribution in [-0.4, -0.2) is 25.3 Å². The first kappa shape index (κ1) is 16.3. The number of nitrogen functional groups attached to an aromatic ring is 1. The van der Waals surface area contributed by atoms with Crippen molar-refractivity contribution in [1.29, 1.82) is 0 Å². The van der Waals surface area contributed by atoms with Crippen LogP contribution < -0.4 is 5.73 Å². The van der Waals surface area contributed by atoms with E-state index in [1.807, 2.05) is 20.8 Å². The van der Waals surface area contributed by atoms with E-state index in [0.717, 1.165) is 6.42 Å². The fraction of sp³-hybridized carbons (Fsp3) is 0.538. The summed E-state index contributed by atoms with van der Waals surface area (Å²) in [5.74, 6) is 0. The zero-order valence-electron chi connectivity index (χ0n) is 11.8. The zero-order valence-corrected chi connectivity index (χ0v) is 13.3. The number of rotatable bonds is 5. The van der Waals surface area contributed by atoms with Gasteiger partial charge in [0.05, 0.1) is 15.6 Å². The SMILES string of the molecule is CCCN(C(C)C)S(=O)(=O)c1cc(N)c(Cl)cc1C. The van der Waals surface area contributed by atoms with Gasteiger partial charge in [-0.05, 0) is 44.9 Å². The van der Waals surface area contributed by atoms with Crippen LogP contribution in [0.4, 0.5) is 5.69 Å². The first-order chi connectivity index (χ1) is 8.71. The lowest BCUT2D eigenvalue weighted by Crippen LogP contribution is -2.37. The lowest BCUT2D eigenvalue weighted by atomic mass is 10.2. The van der Waals surface area contributed by atoms with E-state index in [0.29, 0.717) is 17.1 Å². The maximum absolute atomic E-state index is 12.7. The number of hydrogen-bond acceptors (Lipinski definition) is 3. The van der Waals surface area contributed by atoms with Crippen molar-refractivity contribution in [1.82, 2.24) is 4.31 Å². The number of hydrogen-bond donors (Lipinski definition) is 1. The van der Waals surface area contributed by atoms with E-state index in [9.17, 15) is 8.42 Å². The van der Waals surface area contributed by atoms with Crippen LogP contribution in [0.2, 0.25) is 5.02 Å². The molecular weight excluding hydrogens is 284 g/mol. The number of aryl methyl sites for hydroxylation is 1. The van der Waals surface area contributed by atoms with Crippen molar-refractivity contribution in [3.63, 3.8) is 0 Å². The monoisotopic (exact) mass is 304 g/mol. The van der Waals surface area contributed by atoms with Gasteiger partial charge in [0, 0.05) is 12.6 Å². The summed E-state index contributed by atoms with van der Waals surface area (Å²) in [7, 11) is -3.54. The summed E-state index contributed by atoms with van der Waals surface area (Å²) in [6, 6.07) is 2.94. The van der Waals surface area contributed by atoms with Crippen LogP contribution in [0, 0.1) is 6.92 Å². The molecule has 0 radical (unpaired) electrons. The predicted molar refractivity (Wildman–Crippen MR) is 79.9 cm³/mol. The van der Waals surface area contributed by atoms with Crippen LogP contribution in [0.25, 0.3) is 0 Å². The van der Waals surface area contributed by atoms with Crippen LogP contribution in [0.15, 0.2) is 17.0 Å². The minimum Gasteiger partial charge on any atom is -0.397 e. The van der Waals surface area contributed by atoms with Gasteiger partial charge in [0.15, 0.2) is 0 Å². The van der Waals surface area contributed by atoms with Crippen LogP contribution in [0.5, 0.6) is 0 Å². The second-order valence-corrected chi connectivity index (χ2v) is 7.11. The minimum absolute atomic E-state index is 0.0961. The van der Waals surface area contributed by atoms with E-state index in [-0.39, 0.29) is 16.6 Å². The number of nitrogens with zero attached hydrogens (tertiary/aromatic N) is 1. The molecule has 0 bridgehead atoms. The minimum atomic E-state index is -3.54. The number of sulfonamides is 1. The first-order valence-electron chi connectivity index (χ1n) is 6.29. The van der Waals surface area contributed by atoms with Crippen LogP contribution in [0.1, 0.15) is 32.8 Å². The molecule has 108 valence electrons. The van der Waals surface area contributed by atoms with Crippen LogP contribution in [-0.2, 0) is 10.0 Å². The van der Waals surface area contributed by atoms with Gasteiger partial charge in [-0.3, -0.25) is 0 Å². The second kappa shape index (κ2) is 6.11. The quantitative estimate of drug-likeness (QED) is 0.850. The van der Waals surface area contributed by atoms with E-state index >= 15 is 0 Å². The Morgan fingerprint density at radius 3 is 2.42 bits per heavy atom. The molecule has 1 aromatic rings. The molecule has 1 rings (SSSR count). The molecule has 6 heteroatoms. The summed E-state index contributed by atoms with van der Waals surface area (Å²) in [6.45, 7) is 7.89. The predicted octanol–water partition coefficient (Wildman–Crippen LogP) is 3.04. The molecule has 0 heterocycles. The van der Waals surface area contributed by atoms with Gasteiger partial charge in [0.2, 0.25) is 10.0 Å². The van der Waals surface area contributed by atoms with Crippen molar-refractivity contribution < 1.29 is 8.42 Å². The van der Waals surface area contributed by atoms with E-state index < -0.39 is 10.0 Å². The number of anilines is 1. The summed E-state index contributed by atoms with van der Waals surface area (Å²) in [5, 5.41) is 0.378. The lowest BCUT2D eigenvalue weighted by molar-refractivity contribution is 0.354. The van der Waals surface area contributed by atoms with Gasteiger partial charge >= 0.3 is 0 Å². The van der Waals surface area contributed by atoms with Gasteiger partial charge in [-0.2, -0.15) is 4.31 Å². The van der Waals surface area contributed by atoms with E-state index in [1.165, 1.54) is 10.4 Å². The smallest absolute Gasteiger partial charge is 0.243 e. The van der Waals surface area contributed by atoms with Crippen LogP contribution >= 0.6 is 11.6 Å². The molecule has 0 fully saturated rings. The van der Waals surface area contributed by atoms with Crippen molar-refractivity contribution >= 4 is 27.3 Å². The summed E-state index contributed by atoms with van der Waals surface area (Å²) in [6.07, 6.45) is 0.763. The average molecular weight is 305 g/mol. The lowest BCUT2D eigenvalue weighted by Gasteiger charge is -2.26. The molecule has 0 saturated carbocycles. The second-order valence-electron chi connectivity index (χ2n) is 4.85. The third-order valence-electron chi connectivity index (χ3n) is 2.90. The van der Waals surface area contributed by atoms with Crippen LogP contribution in [0.3, 0.4) is 0 Å². The maximum Gasteiger partial charge on any atom is 0.243 e. The fourth-order valence-corrected chi connectivity index (χ4v) is 4.14. The van der Waals surface area contributed by atoms with Gasteiger partial charge in [-0.25, -0.2) is 8.42 Å². The molecule has 4 nitrogen and oxygen atoms in total. The Morgan fingerprint density at radius 1 is 1.37 bits per heavy atom. The Kier molecular flexibility index (Phi) is 5.24. The summed E-state index contributed by atoms with van der Waals surface area (Å²) < 4.78 is 26.8. The molecule has 0 aliphatic rings. The Labute approximate surface area is 120 Å². The Balaban J connectivity index is 3.37. The topological polar surface area (TPSA) is 63.4 Å². The van der Waals surface area contributed by atoms with Crippen molar-refractivity contribution in [3.8, 4) is 0 Å². The van der Waals surface area contributed by atoms with Gasteiger partial charge in [0.25, 0.3) is 0 Å². The fourth-order valence-electron chi connectivity index (χ4n) is 1.95. The maximum atomic E-state index is 12.7. The molecular formula is C13H21ClN2O2S. The van der Waals surface area contributed by atoms with E-state index in [4.69, 9.17) is 17.3 Å². The molecule has 1 aromatic carbocycles. The standard InChI is InChI=1S/C13H21ClN2O2S/c1-5-6-16(9(2)3)19(17,18)13-8-12(15)11(14)7-10(13)4/h7-9H,5-6,15H2,1-4H3. The van der Waals surface area contributed by atoms with Crippen molar-refractivity contribution in [2.75, 3.05) is 12.3 Å². The van der Waals surface area contributed by atoms with Crippen molar-refractivity contribution in [2.45, 2.75) is 45.1 Å². The normalized spacial score (nSPS) is 12.4. The molecule has 19 heavy (non-hydrogen) atoms. The van der Waals surface area contributed by atoms with Gasteiger partial charge in [0.1, 0.15) is 0 Å². The van der Waals surface area contributed by atoms with E-state index in [1.54, 1.807) is 13.0 Å². The summed E-state index contributed by atoms with van der Waals surface area (Å²) in [4.78, 5) is 0.233. The number of halogens is 1. The molecule has 0 atom stereocenters. The Morgan fingerprint density at radius 2 is 1.95 bits per heavy atom. The zero-order chi connectivity index (χ0) is 14.8.